The molecule has 0 radical (unpaired) electrons. The molecule has 0 saturated heterocycles. The first-order chi connectivity index (χ1) is 9.69. The van der Waals surface area contributed by atoms with Gasteiger partial charge >= 0.3 is 0 Å². The van der Waals surface area contributed by atoms with Crippen LogP contribution in [0, 0.1) is 17.1 Å². The van der Waals surface area contributed by atoms with Crippen molar-refractivity contribution < 1.29 is 9.13 Å². The molecule has 0 amide bonds. The van der Waals surface area contributed by atoms with Crippen molar-refractivity contribution in [2.75, 3.05) is 12.3 Å². The van der Waals surface area contributed by atoms with Crippen molar-refractivity contribution in [3.8, 4) is 6.07 Å². The Balaban J connectivity index is 1.86. The lowest BCUT2D eigenvalue weighted by Gasteiger charge is -2.07. The highest BCUT2D eigenvalue weighted by molar-refractivity contribution is 5.46. The summed E-state index contributed by atoms with van der Waals surface area (Å²) in [5.41, 5.74) is 8.56. The molecule has 2 aromatic carbocycles. The Morgan fingerprint density at radius 3 is 2.75 bits per heavy atom. The molecule has 0 atom stereocenters. The normalized spacial score (nSPS) is 10.2. The molecule has 102 valence electrons. The molecule has 20 heavy (non-hydrogen) atoms. The molecule has 2 N–H and O–H groups in total. The van der Waals surface area contributed by atoms with E-state index in [9.17, 15) is 4.39 Å². The molecule has 0 aliphatic carbocycles. The van der Waals surface area contributed by atoms with E-state index in [4.69, 9.17) is 15.7 Å². The van der Waals surface area contributed by atoms with Gasteiger partial charge in [0.2, 0.25) is 0 Å². The maximum Gasteiger partial charge on any atom is 0.124 e. The Bertz CT molecular complexity index is 635. The Kier molecular flexibility index (Phi) is 4.70. The van der Waals surface area contributed by atoms with Crippen LogP contribution in [0.2, 0.25) is 0 Å². The minimum Gasteiger partial charge on any atom is -0.399 e. The van der Waals surface area contributed by atoms with Crippen LogP contribution in [0.15, 0.2) is 42.5 Å². The summed E-state index contributed by atoms with van der Waals surface area (Å²) in [6.45, 7) is 0.770. The SMILES string of the molecule is N#Cc1cc(F)cc(COCCc2ccccc2N)c1. The molecule has 0 unspecified atom stereocenters. The van der Waals surface area contributed by atoms with Crippen LogP contribution in [0.5, 0.6) is 0 Å². The zero-order chi connectivity index (χ0) is 14.4. The Labute approximate surface area is 117 Å². The summed E-state index contributed by atoms with van der Waals surface area (Å²) in [4.78, 5) is 0. The predicted molar refractivity (Wildman–Crippen MR) is 75.3 cm³/mol. The number of nitriles is 1. The van der Waals surface area contributed by atoms with Crippen LogP contribution < -0.4 is 5.73 Å². The molecule has 0 saturated carbocycles. The Morgan fingerprint density at radius 1 is 1.20 bits per heavy atom. The van der Waals surface area contributed by atoms with Crippen molar-refractivity contribution in [2.45, 2.75) is 13.0 Å². The number of ether oxygens (including phenoxy) is 1. The molecule has 0 bridgehead atoms. The van der Waals surface area contributed by atoms with Crippen LogP contribution in [-0.2, 0) is 17.8 Å². The highest BCUT2D eigenvalue weighted by Crippen LogP contribution is 2.12. The molecule has 0 aromatic heterocycles. The number of para-hydroxylation sites is 1. The van der Waals surface area contributed by atoms with Gasteiger partial charge in [-0.1, -0.05) is 18.2 Å². The lowest BCUT2D eigenvalue weighted by molar-refractivity contribution is 0.123. The summed E-state index contributed by atoms with van der Waals surface area (Å²) in [5, 5.41) is 8.77. The summed E-state index contributed by atoms with van der Waals surface area (Å²) in [5.74, 6) is -0.421. The fourth-order valence-electron chi connectivity index (χ4n) is 1.93. The number of rotatable bonds is 5. The first kappa shape index (κ1) is 14.0. The van der Waals surface area contributed by atoms with Gasteiger partial charge in [-0.25, -0.2) is 4.39 Å². The van der Waals surface area contributed by atoms with E-state index in [-0.39, 0.29) is 6.61 Å². The fourth-order valence-corrected chi connectivity index (χ4v) is 1.93. The smallest absolute Gasteiger partial charge is 0.124 e. The predicted octanol–water partition coefficient (Wildman–Crippen LogP) is 3.04. The number of hydrogen-bond donors (Lipinski definition) is 1. The molecule has 0 spiro atoms. The van der Waals surface area contributed by atoms with E-state index >= 15 is 0 Å². The molecular formula is C16H15FN2O. The maximum atomic E-state index is 13.2. The number of nitrogens with two attached hydrogens (primary N) is 1. The highest BCUT2D eigenvalue weighted by Gasteiger charge is 2.02. The number of halogens is 1. The van der Waals surface area contributed by atoms with Gasteiger partial charge in [0.25, 0.3) is 0 Å². The minimum absolute atomic E-state index is 0.277. The first-order valence-electron chi connectivity index (χ1n) is 6.30. The zero-order valence-corrected chi connectivity index (χ0v) is 11.0. The fraction of sp³-hybridized carbons (Fsp3) is 0.188. The average Bonchev–Trinajstić information content (AvgIpc) is 2.44. The molecule has 2 aromatic rings. The second kappa shape index (κ2) is 6.69. The van der Waals surface area contributed by atoms with Crippen LogP contribution in [0.3, 0.4) is 0 Å². The van der Waals surface area contributed by atoms with Gasteiger partial charge in [-0.3, -0.25) is 0 Å². The van der Waals surface area contributed by atoms with Crippen molar-refractivity contribution in [1.29, 1.82) is 5.26 Å². The van der Waals surface area contributed by atoms with Crippen molar-refractivity contribution in [3.63, 3.8) is 0 Å². The molecule has 0 fully saturated rings. The van der Waals surface area contributed by atoms with E-state index in [1.165, 1.54) is 12.1 Å². The Hall–Kier alpha value is -2.38. The Morgan fingerprint density at radius 2 is 2.00 bits per heavy atom. The third kappa shape index (κ3) is 3.81. The van der Waals surface area contributed by atoms with E-state index in [1.54, 1.807) is 6.07 Å². The van der Waals surface area contributed by atoms with E-state index in [1.807, 2.05) is 30.3 Å². The van der Waals surface area contributed by atoms with Crippen molar-refractivity contribution in [1.82, 2.24) is 0 Å². The number of hydrogen-bond acceptors (Lipinski definition) is 3. The number of anilines is 1. The molecule has 3 nitrogen and oxygen atoms in total. The van der Waals surface area contributed by atoms with Gasteiger partial charge in [0.05, 0.1) is 24.8 Å². The van der Waals surface area contributed by atoms with E-state index in [0.717, 1.165) is 11.3 Å². The van der Waals surface area contributed by atoms with Gasteiger partial charge in [-0.2, -0.15) is 5.26 Å². The van der Waals surface area contributed by atoms with Crippen molar-refractivity contribution in [2.24, 2.45) is 0 Å². The summed E-state index contributed by atoms with van der Waals surface area (Å²) in [6.07, 6.45) is 0.701. The van der Waals surface area contributed by atoms with Crippen molar-refractivity contribution >= 4 is 5.69 Å². The average molecular weight is 270 g/mol. The second-order valence-electron chi connectivity index (χ2n) is 4.46. The third-order valence-corrected chi connectivity index (χ3v) is 2.93. The van der Waals surface area contributed by atoms with E-state index in [2.05, 4.69) is 0 Å². The third-order valence-electron chi connectivity index (χ3n) is 2.93. The maximum absolute atomic E-state index is 13.2. The topological polar surface area (TPSA) is 59.0 Å². The van der Waals surface area contributed by atoms with Gasteiger partial charge in [0, 0.05) is 5.69 Å². The standard InChI is InChI=1S/C16H15FN2O/c17-15-8-12(10-18)7-13(9-15)11-20-6-5-14-3-1-2-4-16(14)19/h1-4,7-9H,5-6,11,19H2. The number of nitrogens with zero attached hydrogens (tertiary/aromatic N) is 1. The van der Waals surface area contributed by atoms with Gasteiger partial charge in [-0.15, -0.1) is 0 Å². The molecule has 0 aliphatic rings. The molecule has 2 rings (SSSR count). The largest absolute Gasteiger partial charge is 0.399 e. The lowest BCUT2D eigenvalue weighted by atomic mass is 10.1. The molecule has 4 heteroatoms. The summed E-state index contributed by atoms with van der Waals surface area (Å²) < 4.78 is 18.7. The number of benzene rings is 2. The van der Waals surface area contributed by atoms with Crippen LogP contribution in [0.1, 0.15) is 16.7 Å². The first-order valence-corrected chi connectivity index (χ1v) is 6.30. The van der Waals surface area contributed by atoms with Crippen molar-refractivity contribution in [3.05, 3.63) is 65.0 Å². The zero-order valence-electron chi connectivity index (χ0n) is 11.0. The number of nitrogen functional groups attached to an aromatic ring is 1. The van der Waals surface area contributed by atoms with Crippen LogP contribution in [-0.4, -0.2) is 6.61 Å². The lowest BCUT2D eigenvalue weighted by Crippen LogP contribution is -2.02. The van der Waals surface area contributed by atoms with Gasteiger partial charge in [0.1, 0.15) is 5.82 Å². The summed E-state index contributed by atoms with van der Waals surface area (Å²) >= 11 is 0. The van der Waals surface area contributed by atoms with Gasteiger partial charge < -0.3 is 10.5 Å². The van der Waals surface area contributed by atoms with E-state index < -0.39 is 5.82 Å². The van der Waals surface area contributed by atoms with E-state index in [0.29, 0.717) is 24.2 Å². The van der Waals surface area contributed by atoms with Crippen LogP contribution in [0.4, 0.5) is 10.1 Å². The van der Waals surface area contributed by atoms with Crippen LogP contribution in [0.25, 0.3) is 0 Å². The summed E-state index contributed by atoms with van der Waals surface area (Å²) in [7, 11) is 0. The molecule has 0 heterocycles. The summed E-state index contributed by atoms with van der Waals surface area (Å²) in [6, 6.07) is 13.7. The van der Waals surface area contributed by atoms with Gasteiger partial charge in [-0.05, 0) is 41.8 Å². The highest BCUT2D eigenvalue weighted by atomic mass is 19.1. The molecular weight excluding hydrogens is 255 g/mol. The monoisotopic (exact) mass is 270 g/mol. The van der Waals surface area contributed by atoms with Crippen LogP contribution >= 0.6 is 0 Å². The second-order valence-corrected chi connectivity index (χ2v) is 4.46. The quantitative estimate of drug-likeness (QED) is 0.671. The minimum atomic E-state index is -0.421. The van der Waals surface area contributed by atoms with Gasteiger partial charge in [0.15, 0.2) is 0 Å². The molecule has 0 aliphatic heterocycles.